The lowest BCUT2D eigenvalue weighted by molar-refractivity contribution is 0.307. The van der Waals surface area contributed by atoms with Crippen molar-refractivity contribution in [1.82, 2.24) is 13.9 Å². The Morgan fingerprint density at radius 3 is 2.89 bits per heavy atom. The van der Waals surface area contributed by atoms with Gasteiger partial charge in [-0.25, -0.2) is 0 Å². The van der Waals surface area contributed by atoms with Gasteiger partial charge in [0, 0.05) is 32.2 Å². The van der Waals surface area contributed by atoms with Crippen molar-refractivity contribution in [2.24, 2.45) is 5.73 Å². The quantitative estimate of drug-likeness (QED) is 0.675. The number of nitrogens with one attached hydrogen (secondary N) is 1. The largest absolute Gasteiger partial charge is 0.330 e. The summed E-state index contributed by atoms with van der Waals surface area (Å²) in [5, 5.41) is 0. The fourth-order valence-corrected chi connectivity index (χ4v) is 4.14. The second-order valence-corrected chi connectivity index (χ2v) is 7.04. The molecular formula is C11H24N4O2S. The first-order valence-corrected chi connectivity index (χ1v) is 8.16. The number of hydrogen-bond acceptors (Lipinski definition) is 4. The van der Waals surface area contributed by atoms with E-state index in [4.69, 9.17) is 5.73 Å². The third-order valence-corrected chi connectivity index (χ3v) is 5.60. The van der Waals surface area contributed by atoms with Crippen LogP contribution in [0.4, 0.5) is 0 Å². The number of rotatable bonds is 6. The molecule has 0 aromatic carbocycles. The van der Waals surface area contributed by atoms with Gasteiger partial charge >= 0.3 is 0 Å². The Hall–Kier alpha value is -0.210. The van der Waals surface area contributed by atoms with Crippen molar-refractivity contribution in [2.45, 2.75) is 37.8 Å². The molecule has 18 heavy (non-hydrogen) atoms. The van der Waals surface area contributed by atoms with Crippen LogP contribution in [0.25, 0.3) is 0 Å². The summed E-state index contributed by atoms with van der Waals surface area (Å²) in [6.45, 7) is 3.13. The van der Waals surface area contributed by atoms with Gasteiger partial charge in [-0.3, -0.25) is 4.90 Å². The van der Waals surface area contributed by atoms with Gasteiger partial charge < -0.3 is 5.73 Å². The van der Waals surface area contributed by atoms with Crippen molar-refractivity contribution in [2.75, 3.05) is 33.2 Å². The van der Waals surface area contributed by atoms with E-state index in [2.05, 4.69) is 9.62 Å². The van der Waals surface area contributed by atoms with E-state index >= 15 is 0 Å². The van der Waals surface area contributed by atoms with E-state index in [1.807, 2.05) is 0 Å². The van der Waals surface area contributed by atoms with Crippen LogP contribution in [0.3, 0.4) is 0 Å². The molecule has 2 rings (SSSR count). The SMILES string of the molecule is CN(CCCN)S(=O)(=O)NC1CCN2CCCC12. The average molecular weight is 276 g/mol. The fourth-order valence-electron chi connectivity index (χ4n) is 2.94. The van der Waals surface area contributed by atoms with Gasteiger partial charge in [-0.1, -0.05) is 0 Å². The Balaban J connectivity index is 1.91. The maximum Gasteiger partial charge on any atom is 0.279 e. The third kappa shape index (κ3) is 3.03. The standard InChI is InChI=1S/C11H24N4O2S/c1-14(7-3-6-12)18(16,17)13-10-5-9-15-8-2-4-11(10)15/h10-11,13H,2-9,12H2,1H3. The number of nitrogens with two attached hydrogens (primary N) is 1. The van der Waals surface area contributed by atoms with Crippen LogP contribution >= 0.6 is 0 Å². The van der Waals surface area contributed by atoms with Crippen molar-refractivity contribution in [3.05, 3.63) is 0 Å². The molecular weight excluding hydrogens is 252 g/mol. The van der Waals surface area contributed by atoms with Gasteiger partial charge in [-0.15, -0.1) is 0 Å². The molecule has 0 bridgehead atoms. The molecule has 2 saturated heterocycles. The van der Waals surface area contributed by atoms with E-state index < -0.39 is 10.2 Å². The van der Waals surface area contributed by atoms with Gasteiger partial charge in [0.05, 0.1) is 0 Å². The van der Waals surface area contributed by atoms with E-state index in [1.165, 1.54) is 10.7 Å². The van der Waals surface area contributed by atoms with Crippen molar-refractivity contribution < 1.29 is 8.42 Å². The highest BCUT2D eigenvalue weighted by Gasteiger charge is 2.39. The molecule has 0 saturated carbocycles. The molecule has 3 N–H and O–H groups in total. The monoisotopic (exact) mass is 276 g/mol. The van der Waals surface area contributed by atoms with Crippen LogP contribution in [0.2, 0.25) is 0 Å². The van der Waals surface area contributed by atoms with E-state index in [1.54, 1.807) is 7.05 Å². The number of fused-ring (bicyclic) bond motifs is 1. The second kappa shape index (κ2) is 5.83. The van der Waals surface area contributed by atoms with E-state index in [0.717, 1.165) is 25.9 Å². The van der Waals surface area contributed by atoms with Crippen molar-refractivity contribution >= 4 is 10.2 Å². The Morgan fingerprint density at radius 2 is 2.17 bits per heavy atom. The molecule has 2 unspecified atom stereocenters. The molecule has 7 heteroatoms. The fraction of sp³-hybridized carbons (Fsp3) is 1.00. The Morgan fingerprint density at radius 1 is 1.39 bits per heavy atom. The van der Waals surface area contributed by atoms with E-state index in [9.17, 15) is 8.42 Å². The van der Waals surface area contributed by atoms with Crippen LogP contribution < -0.4 is 10.5 Å². The molecule has 0 spiro atoms. The molecule has 2 atom stereocenters. The Kier molecular flexibility index (Phi) is 4.60. The molecule has 0 aromatic rings. The highest BCUT2D eigenvalue weighted by Crippen LogP contribution is 2.28. The second-order valence-electron chi connectivity index (χ2n) is 5.23. The summed E-state index contributed by atoms with van der Waals surface area (Å²) in [6.07, 6.45) is 3.91. The zero-order chi connectivity index (χ0) is 13.2. The summed E-state index contributed by atoms with van der Waals surface area (Å²) >= 11 is 0. The number of hydrogen-bond donors (Lipinski definition) is 2. The predicted octanol–water partition coefficient (Wildman–Crippen LogP) is -0.662. The van der Waals surface area contributed by atoms with E-state index in [0.29, 0.717) is 25.6 Å². The lowest BCUT2D eigenvalue weighted by Gasteiger charge is -2.24. The van der Waals surface area contributed by atoms with Gasteiger partial charge in [0.25, 0.3) is 10.2 Å². The minimum atomic E-state index is -3.35. The molecule has 0 radical (unpaired) electrons. The molecule has 2 aliphatic rings. The van der Waals surface area contributed by atoms with Crippen molar-refractivity contribution in [1.29, 1.82) is 0 Å². The first-order valence-electron chi connectivity index (χ1n) is 6.72. The molecule has 0 amide bonds. The summed E-state index contributed by atoms with van der Waals surface area (Å²) < 4.78 is 28.5. The normalized spacial score (nSPS) is 29.1. The molecule has 106 valence electrons. The van der Waals surface area contributed by atoms with Gasteiger partial charge in [-0.05, 0) is 38.8 Å². The molecule has 2 fully saturated rings. The zero-order valence-electron chi connectivity index (χ0n) is 11.0. The maximum absolute atomic E-state index is 12.1. The van der Waals surface area contributed by atoms with Crippen molar-refractivity contribution in [3.63, 3.8) is 0 Å². The van der Waals surface area contributed by atoms with E-state index in [-0.39, 0.29) is 6.04 Å². The first kappa shape index (κ1) is 14.2. The van der Waals surface area contributed by atoms with Crippen LogP contribution in [0.1, 0.15) is 25.7 Å². The summed E-state index contributed by atoms with van der Waals surface area (Å²) in [6, 6.07) is 0.487. The third-order valence-electron chi connectivity index (χ3n) is 3.99. The molecule has 2 heterocycles. The van der Waals surface area contributed by atoms with Crippen LogP contribution in [0.15, 0.2) is 0 Å². The topological polar surface area (TPSA) is 78.7 Å². The van der Waals surface area contributed by atoms with Crippen LogP contribution in [-0.4, -0.2) is 62.9 Å². The summed E-state index contributed by atoms with van der Waals surface area (Å²) in [5.41, 5.74) is 5.41. The van der Waals surface area contributed by atoms with Crippen LogP contribution in [-0.2, 0) is 10.2 Å². The average Bonchev–Trinajstić information content (AvgIpc) is 2.90. The minimum absolute atomic E-state index is 0.0813. The zero-order valence-corrected chi connectivity index (χ0v) is 11.8. The van der Waals surface area contributed by atoms with Crippen LogP contribution in [0.5, 0.6) is 0 Å². The Labute approximate surface area is 110 Å². The van der Waals surface area contributed by atoms with Gasteiger partial charge in [0.15, 0.2) is 0 Å². The summed E-state index contributed by atoms with van der Waals surface area (Å²) in [7, 11) is -1.74. The Bertz CT molecular complexity index is 373. The highest BCUT2D eigenvalue weighted by atomic mass is 32.2. The first-order chi connectivity index (χ1) is 8.54. The molecule has 2 aliphatic heterocycles. The molecule has 0 aromatic heterocycles. The van der Waals surface area contributed by atoms with Crippen LogP contribution in [0, 0.1) is 0 Å². The maximum atomic E-state index is 12.1. The van der Waals surface area contributed by atoms with Gasteiger partial charge in [0.1, 0.15) is 0 Å². The molecule has 6 nitrogen and oxygen atoms in total. The summed E-state index contributed by atoms with van der Waals surface area (Å²) in [5.74, 6) is 0. The summed E-state index contributed by atoms with van der Waals surface area (Å²) in [4.78, 5) is 2.40. The minimum Gasteiger partial charge on any atom is -0.330 e. The van der Waals surface area contributed by atoms with Gasteiger partial charge in [-0.2, -0.15) is 17.4 Å². The van der Waals surface area contributed by atoms with Gasteiger partial charge in [0.2, 0.25) is 0 Å². The van der Waals surface area contributed by atoms with Crippen molar-refractivity contribution in [3.8, 4) is 0 Å². The highest BCUT2D eigenvalue weighted by molar-refractivity contribution is 7.87. The lowest BCUT2D eigenvalue weighted by atomic mass is 10.1. The lowest BCUT2D eigenvalue weighted by Crippen LogP contribution is -2.48. The predicted molar refractivity (Wildman–Crippen MR) is 71.4 cm³/mol. The number of nitrogens with zero attached hydrogens (tertiary/aromatic N) is 2. The smallest absolute Gasteiger partial charge is 0.279 e. The molecule has 0 aliphatic carbocycles.